The first-order valence-electron chi connectivity index (χ1n) is 6.73. The minimum Gasteiger partial charge on any atom is -0.393 e. The molecule has 20 heavy (non-hydrogen) atoms. The van der Waals surface area contributed by atoms with Crippen LogP contribution in [0, 0.1) is 22.0 Å². The molecular weight excluding hydrogens is 258 g/mol. The van der Waals surface area contributed by atoms with Crippen LogP contribution in [0.4, 0.5) is 11.4 Å². The summed E-state index contributed by atoms with van der Waals surface area (Å²) >= 11 is 0. The van der Waals surface area contributed by atoms with Gasteiger partial charge in [-0.05, 0) is 30.4 Å². The number of carbonyl (C=O) groups is 1. The fraction of sp³-hybridized carbons (Fsp3) is 0.500. The molecule has 1 amide bonds. The number of nitrogens with zero attached hydrogens (tertiary/aromatic N) is 2. The van der Waals surface area contributed by atoms with Gasteiger partial charge in [-0.25, -0.2) is 0 Å². The van der Waals surface area contributed by atoms with E-state index >= 15 is 0 Å². The fourth-order valence-corrected chi connectivity index (χ4v) is 2.48. The Hall–Kier alpha value is -2.11. The van der Waals surface area contributed by atoms with Crippen molar-refractivity contribution < 1.29 is 9.72 Å². The van der Waals surface area contributed by atoms with E-state index in [-0.39, 0.29) is 17.3 Å². The molecule has 0 radical (unpaired) electrons. The third-order valence-corrected chi connectivity index (χ3v) is 4.09. The fourth-order valence-electron chi connectivity index (χ4n) is 2.48. The maximum absolute atomic E-state index is 12.4. The quantitative estimate of drug-likeness (QED) is 0.510. The van der Waals surface area contributed by atoms with Crippen molar-refractivity contribution in [3.8, 4) is 0 Å². The van der Waals surface area contributed by atoms with Crippen molar-refractivity contribution in [1.82, 2.24) is 4.90 Å². The van der Waals surface area contributed by atoms with E-state index in [1.165, 1.54) is 18.2 Å². The number of nitrogen functional groups attached to an aromatic ring is 1. The summed E-state index contributed by atoms with van der Waals surface area (Å²) in [4.78, 5) is 24.3. The van der Waals surface area contributed by atoms with Crippen LogP contribution >= 0.6 is 0 Å². The summed E-state index contributed by atoms with van der Waals surface area (Å²) in [5.74, 6) is 0.967. The second-order valence-corrected chi connectivity index (χ2v) is 5.53. The summed E-state index contributed by atoms with van der Waals surface area (Å²) in [5.41, 5.74) is 5.90. The van der Waals surface area contributed by atoms with Gasteiger partial charge in [-0.2, -0.15) is 0 Å². The van der Waals surface area contributed by atoms with E-state index in [1.807, 2.05) is 0 Å². The van der Waals surface area contributed by atoms with E-state index in [0.717, 1.165) is 19.5 Å². The van der Waals surface area contributed by atoms with Crippen molar-refractivity contribution in [3.05, 3.63) is 33.9 Å². The van der Waals surface area contributed by atoms with Crippen molar-refractivity contribution in [2.45, 2.75) is 20.3 Å². The van der Waals surface area contributed by atoms with Crippen molar-refractivity contribution in [3.63, 3.8) is 0 Å². The summed E-state index contributed by atoms with van der Waals surface area (Å²) in [6.45, 7) is 5.77. The minimum atomic E-state index is -0.547. The topological polar surface area (TPSA) is 89.5 Å². The van der Waals surface area contributed by atoms with Gasteiger partial charge in [-0.1, -0.05) is 13.8 Å². The Balaban J connectivity index is 2.17. The highest BCUT2D eigenvalue weighted by molar-refractivity contribution is 5.95. The predicted molar refractivity (Wildman–Crippen MR) is 76.4 cm³/mol. The van der Waals surface area contributed by atoms with E-state index in [0.29, 0.717) is 17.4 Å². The average molecular weight is 277 g/mol. The van der Waals surface area contributed by atoms with Gasteiger partial charge in [0.2, 0.25) is 0 Å². The molecule has 6 nitrogen and oxygen atoms in total. The molecule has 1 aliphatic heterocycles. The molecule has 2 atom stereocenters. The average Bonchev–Trinajstić information content (AvgIpc) is 2.40. The first kappa shape index (κ1) is 14.3. The molecule has 0 aromatic heterocycles. The molecular formula is C14H19N3O3. The number of hydrogen-bond acceptors (Lipinski definition) is 4. The number of amides is 1. The zero-order chi connectivity index (χ0) is 14.9. The predicted octanol–water partition coefficient (Wildman–Crippen LogP) is 2.30. The number of rotatable bonds is 2. The molecule has 1 heterocycles. The molecule has 1 aromatic carbocycles. The number of likely N-dealkylation sites (tertiary alicyclic amines) is 1. The van der Waals surface area contributed by atoms with E-state index in [4.69, 9.17) is 5.73 Å². The number of nitro benzene ring substituents is 1. The molecule has 1 fully saturated rings. The van der Waals surface area contributed by atoms with Gasteiger partial charge in [0.15, 0.2) is 0 Å². The number of nitrogens with two attached hydrogens (primary N) is 1. The zero-order valence-electron chi connectivity index (χ0n) is 11.7. The molecule has 1 aromatic rings. The van der Waals surface area contributed by atoms with Gasteiger partial charge in [0.05, 0.1) is 4.92 Å². The summed E-state index contributed by atoms with van der Waals surface area (Å²) < 4.78 is 0. The number of benzene rings is 1. The van der Waals surface area contributed by atoms with E-state index < -0.39 is 4.92 Å². The molecule has 0 spiro atoms. The maximum Gasteiger partial charge on any atom is 0.292 e. The smallest absolute Gasteiger partial charge is 0.292 e. The first-order chi connectivity index (χ1) is 9.40. The number of anilines is 1. The van der Waals surface area contributed by atoms with Gasteiger partial charge in [-0.15, -0.1) is 0 Å². The second kappa shape index (κ2) is 5.48. The minimum absolute atomic E-state index is 0.0271. The lowest BCUT2D eigenvalue weighted by atomic mass is 9.88. The van der Waals surface area contributed by atoms with Gasteiger partial charge >= 0.3 is 0 Å². The molecule has 2 rings (SSSR count). The Morgan fingerprint density at radius 3 is 2.65 bits per heavy atom. The van der Waals surface area contributed by atoms with Crippen molar-refractivity contribution in [2.75, 3.05) is 18.8 Å². The maximum atomic E-state index is 12.4. The van der Waals surface area contributed by atoms with Crippen LogP contribution in [0.5, 0.6) is 0 Å². The molecule has 1 saturated heterocycles. The Morgan fingerprint density at radius 2 is 2.10 bits per heavy atom. The van der Waals surface area contributed by atoms with Gasteiger partial charge in [0, 0.05) is 24.7 Å². The van der Waals surface area contributed by atoms with Gasteiger partial charge in [0.1, 0.15) is 5.69 Å². The molecule has 2 unspecified atom stereocenters. The highest BCUT2D eigenvalue weighted by Crippen LogP contribution is 2.26. The third-order valence-electron chi connectivity index (χ3n) is 4.09. The van der Waals surface area contributed by atoms with Crippen LogP contribution in [-0.2, 0) is 0 Å². The summed E-state index contributed by atoms with van der Waals surface area (Å²) in [7, 11) is 0. The largest absolute Gasteiger partial charge is 0.393 e. The van der Waals surface area contributed by atoms with E-state index in [2.05, 4.69) is 13.8 Å². The number of nitro groups is 1. The SMILES string of the molecule is CC1CCN(C(=O)c2ccc([N+](=O)[O-])c(N)c2)CC1C. The van der Waals surface area contributed by atoms with Crippen LogP contribution in [0.1, 0.15) is 30.6 Å². The molecule has 6 heteroatoms. The van der Waals surface area contributed by atoms with Gasteiger partial charge < -0.3 is 10.6 Å². The highest BCUT2D eigenvalue weighted by atomic mass is 16.6. The van der Waals surface area contributed by atoms with E-state index in [9.17, 15) is 14.9 Å². The van der Waals surface area contributed by atoms with Crippen LogP contribution in [0.2, 0.25) is 0 Å². The Morgan fingerprint density at radius 1 is 1.40 bits per heavy atom. The van der Waals surface area contributed by atoms with Crippen LogP contribution in [0.25, 0.3) is 0 Å². The summed E-state index contributed by atoms with van der Waals surface area (Å²) in [6, 6.07) is 4.15. The Labute approximate surface area is 117 Å². The monoisotopic (exact) mass is 277 g/mol. The standard InChI is InChI=1S/C14H19N3O3/c1-9-5-6-16(8-10(9)2)14(18)11-3-4-13(17(19)20)12(15)7-11/h3-4,7,9-10H,5-6,8,15H2,1-2H3. The second-order valence-electron chi connectivity index (χ2n) is 5.53. The highest BCUT2D eigenvalue weighted by Gasteiger charge is 2.27. The molecule has 0 saturated carbocycles. The van der Waals surface area contributed by atoms with Gasteiger partial charge in [0.25, 0.3) is 11.6 Å². The van der Waals surface area contributed by atoms with Crippen molar-refractivity contribution in [2.24, 2.45) is 11.8 Å². The Kier molecular flexibility index (Phi) is 3.92. The summed E-state index contributed by atoms with van der Waals surface area (Å²) in [6.07, 6.45) is 0.982. The van der Waals surface area contributed by atoms with Crippen LogP contribution in [0.3, 0.4) is 0 Å². The van der Waals surface area contributed by atoms with Gasteiger partial charge in [-0.3, -0.25) is 14.9 Å². The number of carbonyl (C=O) groups excluding carboxylic acids is 1. The van der Waals surface area contributed by atoms with E-state index in [1.54, 1.807) is 4.90 Å². The lowest BCUT2D eigenvalue weighted by molar-refractivity contribution is -0.383. The first-order valence-corrected chi connectivity index (χ1v) is 6.73. The third kappa shape index (κ3) is 2.74. The van der Waals surface area contributed by atoms with Crippen LogP contribution in [0.15, 0.2) is 18.2 Å². The van der Waals surface area contributed by atoms with Crippen LogP contribution < -0.4 is 5.73 Å². The normalized spacial score (nSPS) is 22.6. The Bertz CT molecular complexity index is 544. The molecule has 2 N–H and O–H groups in total. The number of hydrogen-bond donors (Lipinski definition) is 1. The lowest BCUT2D eigenvalue weighted by Gasteiger charge is -2.35. The molecule has 0 bridgehead atoms. The summed E-state index contributed by atoms with van der Waals surface area (Å²) in [5, 5.41) is 10.7. The van der Waals surface area contributed by atoms with Crippen molar-refractivity contribution in [1.29, 1.82) is 0 Å². The lowest BCUT2D eigenvalue weighted by Crippen LogP contribution is -2.42. The molecule has 1 aliphatic rings. The molecule has 0 aliphatic carbocycles. The van der Waals surface area contributed by atoms with Crippen LogP contribution in [-0.4, -0.2) is 28.8 Å². The zero-order valence-corrected chi connectivity index (χ0v) is 11.7. The van der Waals surface area contributed by atoms with Crippen molar-refractivity contribution >= 4 is 17.3 Å². The molecule has 108 valence electrons. The number of piperidine rings is 1.